The van der Waals surface area contributed by atoms with Crippen molar-refractivity contribution < 1.29 is 4.74 Å². The van der Waals surface area contributed by atoms with Gasteiger partial charge in [0.2, 0.25) is 5.95 Å². The predicted octanol–water partition coefficient (Wildman–Crippen LogP) is 3.43. The van der Waals surface area contributed by atoms with Crippen LogP contribution in [0.2, 0.25) is 0 Å². The van der Waals surface area contributed by atoms with Crippen molar-refractivity contribution >= 4 is 34.2 Å². The first kappa shape index (κ1) is 20.8. The summed E-state index contributed by atoms with van der Waals surface area (Å²) in [5.74, 6) is 1.98. The van der Waals surface area contributed by atoms with Gasteiger partial charge in [0.25, 0.3) is 0 Å². The Hall–Kier alpha value is -3.07. The summed E-state index contributed by atoms with van der Waals surface area (Å²) in [5, 5.41) is 8.61. The van der Waals surface area contributed by atoms with Crippen molar-refractivity contribution in [2.24, 2.45) is 0 Å². The molecule has 1 atom stereocenters. The lowest BCUT2D eigenvalue weighted by molar-refractivity contribution is 0.0926. The molecule has 2 aliphatic rings. The number of hydrogen-bond donors (Lipinski definition) is 3. The van der Waals surface area contributed by atoms with Crippen LogP contribution in [0, 0.1) is 0 Å². The highest BCUT2D eigenvalue weighted by molar-refractivity contribution is 6.01. The fourth-order valence-electron chi connectivity index (χ4n) is 5.04. The Labute approximate surface area is 188 Å². The summed E-state index contributed by atoms with van der Waals surface area (Å²) in [4.78, 5) is 11.8. The van der Waals surface area contributed by atoms with Gasteiger partial charge in [-0.3, -0.25) is 4.68 Å². The lowest BCUT2D eigenvalue weighted by atomic mass is 10.1. The third-order valence-corrected chi connectivity index (χ3v) is 6.76. The van der Waals surface area contributed by atoms with Gasteiger partial charge in [-0.2, -0.15) is 10.1 Å². The van der Waals surface area contributed by atoms with Crippen molar-refractivity contribution in [3.8, 4) is 11.3 Å². The summed E-state index contributed by atoms with van der Waals surface area (Å²) in [5.41, 5.74) is 16.1. The Morgan fingerprint density at radius 3 is 2.72 bits per heavy atom. The molecular weight excluding hydrogens is 404 g/mol. The number of ether oxygens (including phenoxy) is 1. The smallest absolute Gasteiger partial charge is 0.224 e. The molecule has 3 aromatic rings. The molecule has 2 fully saturated rings. The van der Waals surface area contributed by atoms with E-state index in [2.05, 4.69) is 39.1 Å². The van der Waals surface area contributed by atoms with Crippen LogP contribution in [-0.4, -0.2) is 52.6 Å². The van der Waals surface area contributed by atoms with Crippen LogP contribution in [0.4, 0.5) is 23.3 Å². The van der Waals surface area contributed by atoms with E-state index < -0.39 is 0 Å². The number of benzene rings is 1. The molecule has 5 N–H and O–H groups in total. The van der Waals surface area contributed by atoms with Gasteiger partial charge >= 0.3 is 0 Å². The standard InChI is InChI=1S/C23H32N8O/c1-3-15-13-32-9-8-30(15)20-12-18(27-23(26-2)28-20)14-10-17(24)21-19(11-14)31(29-22(21)25)16-6-4-5-7-16/h10-12,15-16H,3-9,13,24H2,1-2H3,(H2,25,29)(H,26,27,28)/t15-/m1/s1. The van der Waals surface area contributed by atoms with Gasteiger partial charge in [0.1, 0.15) is 5.82 Å². The van der Waals surface area contributed by atoms with Crippen molar-refractivity contribution in [2.45, 2.75) is 51.1 Å². The molecule has 0 spiro atoms. The quantitative estimate of drug-likeness (QED) is 0.520. The molecule has 1 aromatic carbocycles. The maximum Gasteiger partial charge on any atom is 0.224 e. The van der Waals surface area contributed by atoms with E-state index in [1.807, 2.05) is 13.1 Å². The van der Waals surface area contributed by atoms with Gasteiger partial charge in [-0.05, 0) is 31.4 Å². The Morgan fingerprint density at radius 1 is 1.16 bits per heavy atom. The second-order valence-electron chi connectivity index (χ2n) is 8.74. The van der Waals surface area contributed by atoms with Gasteiger partial charge < -0.3 is 26.4 Å². The minimum Gasteiger partial charge on any atom is -0.398 e. The third kappa shape index (κ3) is 3.60. The molecule has 9 nitrogen and oxygen atoms in total. The Morgan fingerprint density at radius 2 is 1.97 bits per heavy atom. The first-order chi connectivity index (χ1) is 15.6. The normalized spacial score (nSPS) is 19.7. The Balaban J connectivity index is 1.62. The van der Waals surface area contributed by atoms with Gasteiger partial charge in [0.05, 0.1) is 41.9 Å². The van der Waals surface area contributed by atoms with Gasteiger partial charge in [-0.1, -0.05) is 19.8 Å². The number of morpholine rings is 1. The first-order valence-electron chi connectivity index (χ1n) is 11.6. The molecular formula is C23H32N8O. The molecule has 170 valence electrons. The summed E-state index contributed by atoms with van der Waals surface area (Å²) in [6.07, 6.45) is 5.68. The number of nitrogens with zero attached hydrogens (tertiary/aromatic N) is 5. The molecule has 1 aliphatic heterocycles. The number of anilines is 4. The molecule has 2 aromatic heterocycles. The van der Waals surface area contributed by atoms with E-state index >= 15 is 0 Å². The average molecular weight is 437 g/mol. The average Bonchev–Trinajstić information content (AvgIpc) is 3.46. The zero-order chi connectivity index (χ0) is 22.2. The molecule has 1 aliphatic carbocycles. The second kappa shape index (κ2) is 8.46. The highest BCUT2D eigenvalue weighted by Crippen LogP contribution is 2.38. The number of aromatic nitrogens is 4. The van der Waals surface area contributed by atoms with E-state index in [1.54, 1.807) is 0 Å². The zero-order valence-electron chi connectivity index (χ0n) is 18.8. The first-order valence-corrected chi connectivity index (χ1v) is 11.6. The van der Waals surface area contributed by atoms with Crippen LogP contribution in [0.1, 0.15) is 45.1 Å². The lowest BCUT2D eigenvalue weighted by Gasteiger charge is -2.36. The van der Waals surface area contributed by atoms with E-state index in [-0.39, 0.29) is 0 Å². The summed E-state index contributed by atoms with van der Waals surface area (Å²) < 4.78 is 7.76. The number of rotatable bonds is 5. The SMILES string of the molecule is CC[C@@H]1COCCN1c1cc(-c2cc(N)c3c(N)nn(C4CCCC4)c3c2)nc(NC)n1. The monoisotopic (exact) mass is 436 g/mol. The number of hydrogen-bond acceptors (Lipinski definition) is 8. The lowest BCUT2D eigenvalue weighted by Crippen LogP contribution is -2.45. The molecule has 0 radical (unpaired) electrons. The van der Waals surface area contributed by atoms with Crippen LogP contribution in [0.15, 0.2) is 18.2 Å². The van der Waals surface area contributed by atoms with Gasteiger partial charge in [0, 0.05) is 30.9 Å². The van der Waals surface area contributed by atoms with Crippen LogP contribution >= 0.6 is 0 Å². The van der Waals surface area contributed by atoms with E-state index in [1.165, 1.54) is 12.8 Å². The molecule has 9 heteroatoms. The molecule has 0 amide bonds. The topological polar surface area (TPSA) is 120 Å². The van der Waals surface area contributed by atoms with E-state index in [9.17, 15) is 0 Å². The van der Waals surface area contributed by atoms with E-state index in [0.717, 1.165) is 53.8 Å². The minimum atomic E-state index is 0.298. The Kier molecular flexibility index (Phi) is 5.50. The highest BCUT2D eigenvalue weighted by Gasteiger charge is 2.25. The summed E-state index contributed by atoms with van der Waals surface area (Å²) in [6, 6.07) is 6.79. The fraction of sp³-hybridized carbons (Fsp3) is 0.522. The predicted molar refractivity (Wildman–Crippen MR) is 129 cm³/mol. The maximum absolute atomic E-state index is 6.48. The van der Waals surface area contributed by atoms with Crippen molar-refractivity contribution in [3.05, 3.63) is 18.2 Å². The van der Waals surface area contributed by atoms with Gasteiger partial charge in [0.15, 0.2) is 5.82 Å². The van der Waals surface area contributed by atoms with Crippen LogP contribution < -0.4 is 21.7 Å². The number of nitrogens with one attached hydrogen (secondary N) is 1. The molecule has 3 heterocycles. The van der Waals surface area contributed by atoms with Gasteiger partial charge in [-0.25, -0.2) is 4.98 Å². The Bertz CT molecular complexity index is 1120. The number of fused-ring (bicyclic) bond motifs is 1. The molecule has 5 rings (SSSR count). The van der Waals surface area contributed by atoms with Crippen LogP contribution in [0.5, 0.6) is 0 Å². The van der Waals surface area contributed by atoms with Crippen LogP contribution in [-0.2, 0) is 4.74 Å². The molecule has 32 heavy (non-hydrogen) atoms. The van der Waals surface area contributed by atoms with Gasteiger partial charge in [-0.15, -0.1) is 0 Å². The van der Waals surface area contributed by atoms with Crippen LogP contribution in [0.25, 0.3) is 22.2 Å². The molecule has 0 unspecified atom stereocenters. The van der Waals surface area contributed by atoms with E-state index in [4.69, 9.17) is 26.2 Å². The molecule has 1 saturated carbocycles. The summed E-state index contributed by atoms with van der Waals surface area (Å²) >= 11 is 0. The van der Waals surface area contributed by atoms with Crippen molar-refractivity contribution in [3.63, 3.8) is 0 Å². The summed E-state index contributed by atoms with van der Waals surface area (Å²) in [6.45, 7) is 4.40. The number of nitrogens with two attached hydrogens (primary N) is 2. The van der Waals surface area contributed by atoms with Crippen molar-refractivity contribution in [2.75, 3.05) is 48.5 Å². The maximum atomic E-state index is 6.48. The highest BCUT2D eigenvalue weighted by atomic mass is 16.5. The summed E-state index contributed by atoms with van der Waals surface area (Å²) in [7, 11) is 1.84. The number of nitrogen functional groups attached to an aromatic ring is 2. The minimum absolute atomic E-state index is 0.298. The van der Waals surface area contributed by atoms with E-state index in [0.29, 0.717) is 42.8 Å². The largest absolute Gasteiger partial charge is 0.398 e. The van der Waals surface area contributed by atoms with Crippen molar-refractivity contribution in [1.29, 1.82) is 0 Å². The van der Waals surface area contributed by atoms with Crippen molar-refractivity contribution in [1.82, 2.24) is 19.7 Å². The zero-order valence-corrected chi connectivity index (χ0v) is 18.8. The fourth-order valence-corrected chi connectivity index (χ4v) is 5.04. The molecule has 1 saturated heterocycles. The molecule has 0 bridgehead atoms. The third-order valence-electron chi connectivity index (χ3n) is 6.76. The van der Waals surface area contributed by atoms with Crippen LogP contribution in [0.3, 0.4) is 0 Å². The second-order valence-corrected chi connectivity index (χ2v) is 8.74.